The lowest BCUT2D eigenvalue weighted by Crippen LogP contribution is -2.16. The number of methoxy groups -OCH3 is 1. The summed E-state index contributed by atoms with van der Waals surface area (Å²) in [6.45, 7) is 1.99. The molecule has 1 atom stereocenters. The van der Waals surface area contributed by atoms with Crippen molar-refractivity contribution in [1.82, 2.24) is 0 Å². The predicted octanol–water partition coefficient (Wildman–Crippen LogP) is 4.41. The van der Waals surface area contributed by atoms with Crippen molar-refractivity contribution in [3.63, 3.8) is 0 Å². The minimum atomic E-state index is -0.570. The average molecular weight is 291 g/mol. The van der Waals surface area contributed by atoms with E-state index >= 15 is 0 Å². The molecule has 1 N–H and O–H groups in total. The Bertz CT molecular complexity index is 564. The third-order valence-electron chi connectivity index (χ3n) is 3.30. The molecule has 0 aliphatic rings. The molecule has 0 aliphatic heterocycles. The van der Waals surface area contributed by atoms with E-state index in [1.807, 2.05) is 31.2 Å². The van der Waals surface area contributed by atoms with E-state index in [2.05, 4.69) is 5.32 Å². The Morgan fingerprint density at radius 3 is 2.24 bits per heavy atom. The van der Waals surface area contributed by atoms with Crippen molar-refractivity contribution in [2.75, 3.05) is 12.4 Å². The first-order valence-electron chi connectivity index (χ1n) is 6.92. The predicted molar refractivity (Wildman–Crippen MR) is 80.8 cm³/mol. The molecule has 21 heavy (non-hydrogen) atoms. The minimum Gasteiger partial charge on any atom is -0.497 e. The molecule has 4 heteroatoms. The number of hydrogen-bond acceptors (Lipinski definition) is 2. The monoisotopic (exact) mass is 291 g/mol. The van der Waals surface area contributed by atoms with Crippen molar-refractivity contribution in [2.24, 2.45) is 0 Å². The van der Waals surface area contributed by atoms with E-state index in [0.29, 0.717) is 5.69 Å². The van der Waals surface area contributed by atoms with Crippen LogP contribution in [-0.2, 0) is 6.42 Å². The van der Waals surface area contributed by atoms with Crippen LogP contribution in [0.25, 0.3) is 0 Å². The maximum atomic E-state index is 13.1. The molecule has 2 aromatic rings. The normalized spacial score (nSPS) is 12.0. The third kappa shape index (κ3) is 4.74. The first-order valence-corrected chi connectivity index (χ1v) is 6.92. The van der Waals surface area contributed by atoms with Gasteiger partial charge in [0.25, 0.3) is 0 Å². The third-order valence-corrected chi connectivity index (χ3v) is 3.30. The zero-order valence-corrected chi connectivity index (χ0v) is 12.2. The number of ether oxygens (including phenoxy) is 1. The van der Waals surface area contributed by atoms with Crippen molar-refractivity contribution in [1.29, 1.82) is 0 Å². The summed E-state index contributed by atoms with van der Waals surface area (Å²) in [5.41, 5.74) is 1.67. The van der Waals surface area contributed by atoms with Gasteiger partial charge in [0, 0.05) is 17.8 Å². The Morgan fingerprint density at radius 1 is 1.05 bits per heavy atom. The number of anilines is 1. The van der Waals surface area contributed by atoms with E-state index in [-0.39, 0.29) is 6.04 Å². The van der Waals surface area contributed by atoms with E-state index in [9.17, 15) is 8.78 Å². The first-order chi connectivity index (χ1) is 10.1. The molecule has 2 aromatic carbocycles. The van der Waals surface area contributed by atoms with E-state index in [4.69, 9.17) is 4.74 Å². The van der Waals surface area contributed by atoms with Crippen LogP contribution < -0.4 is 10.1 Å². The van der Waals surface area contributed by atoms with Gasteiger partial charge in [-0.25, -0.2) is 8.78 Å². The highest BCUT2D eigenvalue weighted by molar-refractivity contribution is 5.44. The Morgan fingerprint density at radius 2 is 1.67 bits per heavy atom. The van der Waals surface area contributed by atoms with Crippen LogP contribution in [0.2, 0.25) is 0 Å². The van der Waals surface area contributed by atoms with Crippen LogP contribution >= 0.6 is 0 Å². The van der Waals surface area contributed by atoms with E-state index in [0.717, 1.165) is 24.7 Å². The van der Waals surface area contributed by atoms with Gasteiger partial charge in [-0.15, -0.1) is 0 Å². The SMILES string of the molecule is COc1ccc(CCC(C)Nc2cc(F)cc(F)c2)cc1. The second-order valence-electron chi connectivity index (χ2n) is 5.09. The van der Waals surface area contributed by atoms with Gasteiger partial charge in [-0.2, -0.15) is 0 Å². The largest absolute Gasteiger partial charge is 0.497 e. The highest BCUT2D eigenvalue weighted by Gasteiger charge is 2.06. The second-order valence-corrected chi connectivity index (χ2v) is 5.09. The molecule has 0 radical (unpaired) electrons. The van der Waals surface area contributed by atoms with E-state index in [1.54, 1.807) is 7.11 Å². The highest BCUT2D eigenvalue weighted by Crippen LogP contribution is 2.17. The number of hydrogen-bond donors (Lipinski definition) is 1. The molecule has 2 rings (SSSR count). The molecule has 112 valence electrons. The maximum Gasteiger partial charge on any atom is 0.128 e. The fraction of sp³-hybridized carbons (Fsp3) is 0.294. The standard InChI is InChI=1S/C17H19F2NO/c1-12(20-16-10-14(18)9-15(19)11-16)3-4-13-5-7-17(21-2)8-6-13/h5-12,20H,3-4H2,1-2H3. The van der Waals surface area contributed by atoms with Gasteiger partial charge in [0.2, 0.25) is 0 Å². The summed E-state index contributed by atoms with van der Waals surface area (Å²) < 4.78 is 31.3. The molecule has 0 aromatic heterocycles. The quantitative estimate of drug-likeness (QED) is 0.851. The molecule has 0 spiro atoms. The van der Waals surface area contributed by atoms with Gasteiger partial charge in [-0.3, -0.25) is 0 Å². The van der Waals surface area contributed by atoms with Crippen LogP contribution in [0, 0.1) is 11.6 Å². The fourth-order valence-electron chi connectivity index (χ4n) is 2.17. The summed E-state index contributed by atoms with van der Waals surface area (Å²) in [5, 5.41) is 3.11. The van der Waals surface area contributed by atoms with Crippen molar-refractivity contribution in [3.8, 4) is 5.75 Å². The minimum absolute atomic E-state index is 0.119. The van der Waals surface area contributed by atoms with Crippen molar-refractivity contribution < 1.29 is 13.5 Å². The first kappa shape index (κ1) is 15.3. The molecule has 0 bridgehead atoms. The number of benzene rings is 2. The Labute approximate surface area is 123 Å². The summed E-state index contributed by atoms with van der Waals surface area (Å²) in [4.78, 5) is 0. The van der Waals surface area contributed by atoms with Crippen molar-refractivity contribution in [3.05, 3.63) is 59.7 Å². The molecular formula is C17H19F2NO. The molecule has 0 saturated carbocycles. The summed E-state index contributed by atoms with van der Waals surface area (Å²) >= 11 is 0. The van der Waals surface area contributed by atoms with Crippen LogP contribution in [0.3, 0.4) is 0 Å². The molecule has 0 fully saturated rings. The Kier molecular flexibility index (Phi) is 5.14. The molecule has 0 amide bonds. The molecule has 0 saturated heterocycles. The zero-order valence-electron chi connectivity index (χ0n) is 12.2. The van der Waals surface area contributed by atoms with Crippen LogP contribution in [0.1, 0.15) is 18.9 Å². The van der Waals surface area contributed by atoms with E-state index in [1.165, 1.54) is 17.7 Å². The molecule has 1 unspecified atom stereocenters. The molecular weight excluding hydrogens is 272 g/mol. The second kappa shape index (κ2) is 7.07. The van der Waals surface area contributed by atoms with Crippen molar-refractivity contribution in [2.45, 2.75) is 25.8 Å². The van der Waals surface area contributed by atoms with Gasteiger partial charge in [0.1, 0.15) is 17.4 Å². The van der Waals surface area contributed by atoms with Crippen LogP contribution in [-0.4, -0.2) is 13.2 Å². The molecule has 0 aliphatic carbocycles. The summed E-state index contributed by atoms with van der Waals surface area (Å²) in [6, 6.07) is 11.5. The van der Waals surface area contributed by atoms with Gasteiger partial charge in [-0.05, 0) is 49.6 Å². The number of rotatable bonds is 6. The smallest absolute Gasteiger partial charge is 0.128 e. The highest BCUT2D eigenvalue weighted by atomic mass is 19.1. The lowest BCUT2D eigenvalue weighted by Gasteiger charge is -2.15. The van der Waals surface area contributed by atoms with Gasteiger partial charge in [-0.1, -0.05) is 12.1 Å². The zero-order chi connectivity index (χ0) is 15.2. The lowest BCUT2D eigenvalue weighted by molar-refractivity contribution is 0.414. The van der Waals surface area contributed by atoms with Crippen molar-refractivity contribution >= 4 is 5.69 Å². The summed E-state index contributed by atoms with van der Waals surface area (Å²) in [6.07, 6.45) is 1.75. The van der Waals surface area contributed by atoms with E-state index < -0.39 is 11.6 Å². The summed E-state index contributed by atoms with van der Waals surface area (Å²) in [5.74, 6) is -0.306. The fourth-order valence-corrected chi connectivity index (χ4v) is 2.17. The average Bonchev–Trinajstić information content (AvgIpc) is 2.44. The topological polar surface area (TPSA) is 21.3 Å². The van der Waals surface area contributed by atoms with Crippen LogP contribution in [0.15, 0.2) is 42.5 Å². The van der Waals surface area contributed by atoms with Gasteiger partial charge in [0.15, 0.2) is 0 Å². The Hall–Kier alpha value is -2.10. The van der Waals surface area contributed by atoms with Gasteiger partial charge < -0.3 is 10.1 Å². The van der Waals surface area contributed by atoms with Crippen LogP contribution in [0.4, 0.5) is 14.5 Å². The Balaban J connectivity index is 1.87. The van der Waals surface area contributed by atoms with Crippen LogP contribution in [0.5, 0.6) is 5.75 Å². The van der Waals surface area contributed by atoms with Gasteiger partial charge in [0.05, 0.1) is 7.11 Å². The number of aryl methyl sites for hydroxylation is 1. The lowest BCUT2D eigenvalue weighted by atomic mass is 10.1. The number of nitrogens with one attached hydrogen (secondary N) is 1. The number of halogens is 2. The molecule has 0 heterocycles. The molecule has 2 nitrogen and oxygen atoms in total. The summed E-state index contributed by atoms with van der Waals surface area (Å²) in [7, 11) is 1.64. The van der Waals surface area contributed by atoms with Gasteiger partial charge >= 0.3 is 0 Å². The maximum absolute atomic E-state index is 13.1.